The van der Waals surface area contributed by atoms with Gasteiger partial charge in [-0.1, -0.05) is 78.9 Å². The summed E-state index contributed by atoms with van der Waals surface area (Å²) in [5.74, 6) is -1.51. The number of carbonyl (C=O) groups is 3. The molecular weight excluding hydrogens is 506 g/mol. The molecule has 2 aliphatic rings. The average Bonchev–Trinajstić information content (AvgIpc) is 3.29. The Balaban J connectivity index is 1.11. The van der Waals surface area contributed by atoms with Gasteiger partial charge in [0, 0.05) is 19.0 Å². The Hall–Kier alpha value is -4.17. The van der Waals surface area contributed by atoms with Crippen molar-refractivity contribution in [2.75, 3.05) is 26.2 Å². The van der Waals surface area contributed by atoms with Crippen LogP contribution in [0.15, 0.2) is 78.9 Å². The van der Waals surface area contributed by atoms with Gasteiger partial charge in [-0.05, 0) is 59.7 Å². The van der Waals surface area contributed by atoms with Gasteiger partial charge in [0.2, 0.25) is 5.91 Å². The minimum atomic E-state index is -1.22. The third kappa shape index (κ3) is 6.69. The maximum atomic E-state index is 12.9. The van der Waals surface area contributed by atoms with Crippen molar-refractivity contribution in [3.63, 3.8) is 0 Å². The molecule has 1 aliphatic heterocycles. The lowest BCUT2D eigenvalue weighted by Crippen LogP contribution is -2.49. The molecule has 3 aromatic rings. The summed E-state index contributed by atoms with van der Waals surface area (Å²) in [5, 5.41) is 14.7. The molecule has 1 aliphatic carbocycles. The Morgan fingerprint density at radius 3 is 2.10 bits per heavy atom. The molecule has 0 radical (unpaired) electrons. The number of hydrogen-bond acceptors (Lipinski definition) is 5. The second-order valence-corrected chi connectivity index (χ2v) is 10.6. The molecule has 0 bridgehead atoms. The van der Waals surface area contributed by atoms with E-state index in [1.54, 1.807) is 0 Å². The minimum Gasteiger partial charge on any atom is -0.481 e. The number of carbonyl (C=O) groups excluding carboxylic acids is 2. The van der Waals surface area contributed by atoms with Gasteiger partial charge in [-0.2, -0.15) is 0 Å². The molecule has 0 saturated carbocycles. The number of likely N-dealkylation sites (tertiary alicyclic amines) is 1. The second kappa shape index (κ2) is 12.8. The Morgan fingerprint density at radius 2 is 1.48 bits per heavy atom. The summed E-state index contributed by atoms with van der Waals surface area (Å²) >= 11 is 0. The zero-order valence-electron chi connectivity index (χ0n) is 22.4. The van der Waals surface area contributed by atoms with Crippen molar-refractivity contribution in [2.24, 2.45) is 5.92 Å². The number of nitrogens with one attached hydrogen (secondary N) is 2. The predicted octanol–water partition coefficient (Wildman–Crippen LogP) is 4.40. The van der Waals surface area contributed by atoms with Gasteiger partial charge in [0.1, 0.15) is 12.6 Å². The number of rotatable bonds is 10. The van der Waals surface area contributed by atoms with Crippen molar-refractivity contribution in [3.8, 4) is 11.1 Å². The van der Waals surface area contributed by atoms with Gasteiger partial charge in [-0.25, -0.2) is 4.79 Å². The van der Waals surface area contributed by atoms with Gasteiger partial charge in [-0.15, -0.1) is 0 Å². The van der Waals surface area contributed by atoms with Crippen molar-refractivity contribution in [2.45, 2.75) is 37.8 Å². The fourth-order valence-electron chi connectivity index (χ4n) is 5.72. The number of alkyl carbamates (subject to hydrolysis) is 1. The lowest BCUT2D eigenvalue weighted by atomic mass is 9.96. The molecule has 1 saturated heterocycles. The van der Waals surface area contributed by atoms with Gasteiger partial charge >= 0.3 is 12.1 Å². The molecule has 8 nitrogen and oxygen atoms in total. The van der Waals surface area contributed by atoms with Gasteiger partial charge in [0.05, 0.1) is 6.42 Å². The van der Waals surface area contributed by atoms with Crippen LogP contribution in [0.25, 0.3) is 11.1 Å². The first-order chi connectivity index (χ1) is 19.5. The summed E-state index contributed by atoms with van der Waals surface area (Å²) in [5.41, 5.74) is 5.66. The highest BCUT2D eigenvalue weighted by molar-refractivity contribution is 5.89. The Kier molecular flexibility index (Phi) is 8.76. The quantitative estimate of drug-likeness (QED) is 0.351. The van der Waals surface area contributed by atoms with Crippen LogP contribution in [0.5, 0.6) is 0 Å². The van der Waals surface area contributed by atoms with E-state index in [9.17, 15) is 19.5 Å². The summed E-state index contributed by atoms with van der Waals surface area (Å²) in [6.07, 6.45) is 0.552. The highest BCUT2D eigenvalue weighted by Gasteiger charge is 2.30. The van der Waals surface area contributed by atoms with Gasteiger partial charge in [-0.3, -0.25) is 14.5 Å². The minimum absolute atomic E-state index is 0.0861. The predicted molar refractivity (Wildman–Crippen MR) is 152 cm³/mol. The van der Waals surface area contributed by atoms with Crippen LogP contribution >= 0.6 is 0 Å². The number of piperidine rings is 1. The first kappa shape index (κ1) is 27.4. The lowest BCUT2D eigenvalue weighted by molar-refractivity contribution is -0.139. The fourth-order valence-corrected chi connectivity index (χ4v) is 5.72. The summed E-state index contributed by atoms with van der Waals surface area (Å²) < 4.78 is 5.53. The van der Waals surface area contributed by atoms with Crippen LogP contribution in [-0.2, 0) is 20.9 Å². The van der Waals surface area contributed by atoms with E-state index in [0.29, 0.717) is 12.5 Å². The van der Waals surface area contributed by atoms with E-state index in [4.69, 9.17) is 4.74 Å². The zero-order chi connectivity index (χ0) is 27.9. The normalized spacial score (nSPS) is 16.0. The number of ether oxygens (including phenoxy) is 1. The molecule has 1 heterocycles. The standard InChI is InChI=1S/C32H35N3O5/c36-30(37)18-29(31(38)33-19-22-14-16-35(17-15-22)20-23-8-2-1-3-9-23)34-32(39)40-21-28-26-12-6-4-10-24(26)25-11-5-7-13-27(25)28/h1-13,22,28-29H,14-21H2,(H,33,38)(H,34,39)(H,36,37). The molecule has 8 heteroatoms. The van der Waals surface area contributed by atoms with Crippen LogP contribution in [0.4, 0.5) is 4.79 Å². The maximum Gasteiger partial charge on any atom is 0.407 e. The van der Waals surface area contributed by atoms with Crippen LogP contribution < -0.4 is 10.6 Å². The first-order valence-corrected chi connectivity index (χ1v) is 13.8. The molecule has 208 valence electrons. The van der Waals surface area contributed by atoms with E-state index < -0.39 is 30.4 Å². The molecule has 5 rings (SSSR count). The van der Waals surface area contributed by atoms with Crippen LogP contribution in [0.2, 0.25) is 0 Å². The topological polar surface area (TPSA) is 108 Å². The molecule has 2 amide bonds. The summed E-state index contributed by atoms with van der Waals surface area (Å²) in [6, 6.07) is 25.1. The van der Waals surface area contributed by atoms with Gasteiger partial charge < -0.3 is 20.5 Å². The number of amides is 2. The Bertz CT molecular complexity index is 1290. The maximum absolute atomic E-state index is 12.9. The van der Waals surface area contributed by atoms with Crippen LogP contribution in [0.3, 0.4) is 0 Å². The average molecular weight is 542 g/mol. The molecule has 3 aromatic carbocycles. The summed E-state index contributed by atoms with van der Waals surface area (Å²) in [4.78, 5) is 39.4. The van der Waals surface area contributed by atoms with Gasteiger partial charge in [0.25, 0.3) is 0 Å². The lowest BCUT2D eigenvalue weighted by Gasteiger charge is -2.32. The van der Waals surface area contributed by atoms with Crippen molar-refractivity contribution in [1.29, 1.82) is 0 Å². The Labute approximate surface area is 234 Å². The number of carboxylic acids is 1. The summed E-state index contributed by atoms with van der Waals surface area (Å²) in [6.45, 7) is 3.31. The molecule has 40 heavy (non-hydrogen) atoms. The van der Waals surface area contributed by atoms with E-state index in [0.717, 1.165) is 54.7 Å². The van der Waals surface area contributed by atoms with E-state index in [1.165, 1.54) is 5.56 Å². The van der Waals surface area contributed by atoms with Crippen molar-refractivity contribution in [3.05, 3.63) is 95.6 Å². The molecule has 3 N–H and O–H groups in total. The fraction of sp³-hybridized carbons (Fsp3) is 0.344. The largest absolute Gasteiger partial charge is 0.481 e. The SMILES string of the molecule is O=C(O)CC(NC(=O)OCC1c2ccccc2-c2ccccc21)C(=O)NCC1CCN(Cc2ccccc2)CC1. The highest BCUT2D eigenvalue weighted by atomic mass is 16.5. The number of nitrogens with zero attached hydrogens (tertiary/aromatic N) is 1. The highest BCUT2D eigenvalue weighted by Crippen LogP contribution is 2.44. The van der Waals surface area contributed by atoms with E-state index in [1.807, 2.05) is 54.6 Å². The van der Waals surface area contributed by atoms with Crippen molar-refractivity contribution >= 4 is 18.0 Å². The molecule has 1 atom stereocenters. The molecule has 1 unspecified atom stereocenters. The summed E-state index contributed by atoms with van der Waals surface area (Å²) in [7, 11) is 0. The number of carboxylic acid groups (broad SMARTS) is 1. The number of aliphatic carboxylic acids is 1. The van der Waals surface area contributed by atoms with Gasteiger partial charge in [0.15, 0.2) is 0 Å². The first-order valence-electron chi connectivity index (χ1n) is 13.8. The number of hydrogen-bond donors (Lipinski definition) is 3. The second-order valence-electron chi connectivity index (χ2n) is 10.6. The molecule has 0 spiro atoms. The van der Waals surface area contributed by atoms with E-state index in [2.05, 4.69) is 39.8 Å². The third-order valence-electron chi connectivity index (χ3n) is 7.85. The monoisotopic (exact) mass is 541 g/mol. The third-order valence-corrected chi connectivity index (χ3v) is 7.85. The molecule has 0 aromatic heterocycles. The molecule has 1 fully saturated rings. The molecular formula is C32H35N3O5. The van der Waals surface area contributed by atoms with Crippen molar-refractivity contribution in [1.82, 2.24) is 15.5 Å². The number of benzene rings is 3. The Morgan fingerprint density at radius 1 is 0.875 bits per heavy atom. The van der Waals surface area contributed by atoms with Crippen molar-refractivity contribution < 1.29 is 24.2 Å². The number of fused-ring (bicyclic) bond motifs is 3. The van der Waals surface area contributed by atoms with E-state index in [-0.39, 0.29) is 12.5 Å². The van der Waals surface area contributed by atoms with Crippen LogP contribution in [0.1, 0.15) is 41.9 Å². The van der Waals surface area contributed by atoms with E-state index >= 15 is 0 Å². The smallest absolute Gasteiger partial charge is 0.407 e. The van der Waals surface area contributed by atoms with Crippen LogP contribution in [0, 0.1) is 5.92 Å². The van der Waals surface area contributed by atoms with Crippen LogP contribution in [-0.4, -0.2) is 60.3 Å². The zero-order valence-corrected chi connectivity index (χ0v) is 22.4.